The van der Waals surface area contributed by atoms with Gasteiger partial charge in [-0.2, -0.15) is 0 Å². The lowest BCUT2D eigenvalue weighted by molar-refractivity contribution is 0.162. The predicted octanol–water partition coefficient (Wildman–Crippen LogP) is -0.292. The van der Waals surface area contributed by atoms with Gasteiger partial charge in [0.2, 0.25) is 0 Å². The van der Waals surface area contributed by atoms with Gasteiger partial charge in [0, 0.05) is 32.2 Å². The van der Waals surface area contributed by atoms with Gasteiger partial charge in [-0.05, 0) is 6.42 Å². The fourth-order valence-electron chi connectivity index (χ4n) is 2.27. The molecule has 1 saturated heterocycles. The zero-order valence-corrected chi connectivity index (χ0v) is 10.1. The van der Waals surface area contributed by atoms with E-state index in [1.54, 1.807) is 0 Å². The molecule has 1 aromatic heterocycles. The highest BCUT2D eigenvalue weighted by Crippen LogP contribution is 2.20. The van der Waals surface area contributed by atoms with E-state index in [0.717, 1.165) is 32.6 Å². The molecule has 0 amide bonds. The van der Waals surface area contributed by atoms with Gasteiger partial charge in [-0.25, -0.2) is 4.98 Å². The van der Waals surface area contributed by atoms with E-state index >= 15 is 0 Å². The summed E-state index contributed by atoms with van der Waals surface area (Å²) in [5.41, 5.74) is 5.44. The smallest absolute Gasteiger partial charge is 0.253 e. The molecule has 1 atom stereocenters. The van der Waals surface area contributed by atoms with Crippen LogP contribution in [-0.4, -0.2) is 41.0 Å². The molecular weight excluding hydrogens is 218 g/mol. The Morgan fingerprint density at radius 3 is 2.82 bits per heavy atom. The molecule has 6 nitrogen and oxygen atoms in total. The summed E-state index contributed by atoms with van der Waals surface area (Å²) in [6, 6.07) is 1.46. The van der Waals surface area contributed by atoms with E-state index in [1.807, 2.05) is 0 Å². The molecule has 0 saturated carbocycles. The number of aromatic nitrogens is 2. The van der Waals surface area contributed by atoms with Crippen LogP contribution in [0, 0.1) is 0 Å². The van der Waals surface area contributed by atoms with Crippen LogP contribution in [0.15, 0.2) is 10.9 Å². The number of aromatic amines is 1. The van der Waals surface area contributed by atoms with Crippen LogP contribution in [0.5, 0.6) is 0 Å². The fraction of sp³-hybridized carbons (Fsp3) is 0.636. The second-order valence-corrected chi connectivity index (χ2v) is 4.27. The molecule has 2 heterocycles. The van der Waals surface area contributed by atoms with Crippen LogP contribution in [0.2, 0.25) is 0 Å². The SMILES string of the molecule is CCC(c1nc(N)cc(=O)[nH]1)N1CCNCC1. The Morgan fingerprint density at radius 2 is 2.24 bits per heavy atom. The quantitative estimate of drug-likeness (QED) is 0.672. The van der Waals surface area contributed by atoms with Crippen LogP contribution >= 0.6 is 0 Å². The summed E-state index contributed by atoms with van der Waals surface area (Å²) in [5, 5.41) is 3.31. The number of hydrogen-bond donors (Lipinski definition) is 3. The molecule has 1 aromatic rings. The molecule has 1 unspecified atom stereocenters. The average molecular weight is 237 g/mol. The summed E-state index contributed by atoms with van der Waals surface area (Å²) in [4.78, 5) is 20.8. The maximum atomic E-state index is 11.4. The summed E-state index contributed by atoms with van der Waals surface area (Å²) in [7, 11) is 0. The molecular formula is C11H19N5O. The van der Waals surface area contributed by atoms with E-state index in [2.05, 4.69) is 27.1 Å². The minimum Gasteiger partial charge on any atom is -0.383 e. The van der Waals surface area contributed by atoms with Gasteiger partial charge in [0.05, 0.1) is 6.04 Å². The van der Waals surface area contributed by atoms with Crippen LogP contribution in [0.1, 0.15) is 25.2 Å². The van der Waals surface area contributed by atoms with E-state index in [9.17, 15) is 4.79 Å². The largest absolute Gasteiger partial charge is 0.383 e. The van der Waals surface area contributed by atoms with E-state index in [4.69, 9.17) is 5.73 Å². The zero-order valence-electron chi connectivity index (χ0n) is 10.1. The minimum absolute atomic E-state index is 0.147. The van der Waals surface area contributed by atoms with Crippen molar-refractivity contribution in [1.29, 1.82) is 0 Å². The van der Waals surface area contributed by atoms with Crippen molar-refractivity contribution < 1.29 is 0 Å². The third kappa shape index (κ3) is 2.83. The number of nitrogens with two attached hydrogens (primary N) is 1. The van der Waals surface area contributed by atoms with Gasteiger partial charge in [-0.15, -0.1) is 0 Å². The summed E-state index contributed by atoms with van der Waals surface area (Å²) < 4.78 is 0. The molecule has 17 heavy (non-hydrogen) atoms. The first-order chi connectivity index (χ1) is 8.20. The van der Waals surface area contributed by atoms with Gasteiger partial charge in [0.25, 0.3) is 5.56 Å². The van der Waals surface area contributed by atoms with Crippen molar-refractivity contribution in [2.45, 2.75) is 19.4 Å². The van der Waals surface area contributed by atoms with Crippen LogP contribution < -0.4 is 16.6 Å². The molecule has 0 bridgehead atoms. The Bertz CT molecular complexity index is 424. The van der Waals surface area contributed by atoms with Crippen molar-refractivity contribution in [1.82, 2.24) is 20.2 Å². The molecule has 0 spiro atoms. The second-order valence-electron chi connectivity index (χ2n) is 4.27. The summed E-state index contributed by atoms with van der Waals surface area (Å²) in [5.74, 6) is 0.969. The van der Waals surface area contributed by atoms with Crippen LogP contribution in [-0.2, 0) is 0 Å². The molecule has 0 aliphatic carbocycles. The van der Waals surface area contributed by atoms with Gasteiger partial charge < -0.3 is 16.0 Å². The number of nitrogens with one attached hydrogen (secondary N) is 2. The predicted molar refractivity (Wildman–Crippen MR) is 66.7 cm³/mol. The third-order valence-corrected chi connectivity index (χ3v) is 3.07. The van der Waals surface area contributed by atoms with Crippen LogP contribution in [0.25, 0.3) is 0 Å². The standard InChI is InChI=1S/C11H19N5O/c1-2-8(16-5-3-13-4-6-16)11-14-9(12)7-10(17)15-11/h7-8,13H,2-6H2,1H3,(H3,12,14,15,17). The first kappa shape index (κ1) is 12.1. The molecule has 1 aliphatic rings. The van der Waals surface area contributed by atoms with E-state index < -0.39 is 0 Å². The number of nitrogens with zero attached hydrogens (tertiary/aromatic N) is 2. The summed E-state index contributed by atoms with van der Waals surface area (Å²) in [6.07, 6.45) is 0.909. The topological polar surface area (TPSA) is 87.0 Å². The van der Waals surface area contributed by atoms with Gasteiger partial charge in [0.1, 0.15) is 11.6 Å². The Hall–Kier alpha value is -1.40. The molecule has 1 aliphatic heterocycles. The molecule has 2 rings (SSSR count). The van der Waals surface area contributed by atoms with Crippen molar-refractivity contribution in [2.75, 3.05) is 31.9 Å². The third-order valence-electron chi connectivity index (χ3n) is 3.07. The van der Waals surface area contributed by atoms with E-state index in [-0.39, 0.29) is 17.4 Å². The van der Waals surface area contributed by atoms with Crippen molar-refractivity contribution in [3.8, 4) is 0 Å². The van der Waals surface area contributed by atoms with Crippen molar-refractivity contribution in [2.24, 2.45) is 0 Å². The maximum Gasteiger partial charge on any atom is 0.253 e. The first-order valence-electron chi connectivity index (χ1n) is 6.02. The van der Waals surface area contributed by atoms with Gasteiger partial charge >= 0.3 is 0 Å². The molecule has 94 valence electrons. The molecule has 0 aromatic carbocycles. The molecule has 1 fully saturated rings. The van der Waals surface area contributed by atoms with E-state index in [1.165, 1.54) is 6.07 Å². The maximum absolute atomic E-state index is 11.4. The monoisotopic (exact) mass is 237 g/mol. The van der Waals surface area contributed by atoms with Gasteiger partial charge in [-0.3, -0.25) is 9.69 Å². The number of anilines is 1. The van der Waals surface area contributed by atoms with Crippen molar-refractivity contribution in [3.05, 3.63) is 22.2 Å². The number of nitrogen functional groups attached to an aromatic ring is 1. The highest BCUT2D eigenvalue weighted by Gasteiger charge is 2.22. The Morgan fingerprint density at radius 1 is 1.53 bits per heavy atom. The molecule has 0 radical (unpaired) electrons. The fourth-order valence-corrected chi connectivity index (χ4v) is 2.27. The van der Waals surface area contributed by atoms with Gasteiger partial charge in [0.15, 0.2) is 0 Å². The Labute approximate surface area is 100 Å². The van der Waals surface area contributed by atoms with E-state index in [0.29, 0.717) is 5.82 Å². The minimum atomic E-state index is -0.180. The number of hydrogen-bond acceptors (Lipinski definition) is 5. The van der Waals surface area contributed by atoms with Gasteiger partial charge in [-0.1, -0.05) is 6.92 Å². The summed E-state index contributed by atoms with van der Waals surface area (Å²) >= 11 is 0. The Balaban J connectivity index is 2.24. The highest BCUT2D eigenvalue weighted by molar-refractivity contribution is 5.25. The second kappa shape index (κ2) is 5.29. The van der Waals surface area contributed by atoms with Crippen LogP contribution in [0.4, 0.5) is 5.82 Å². The molecule has 6 heteroatoms. The number of H-pyrrole nitrogens is 1. The zero-order chi connectivity index (χ0) is 12.3. The molecule has 4 N–H and O–H groups in total. The normalized spacial score (nSPS) is 19.1. The number of rotatable bonds is 3. The highest BCUT2D eigenvalue weighted by atomic mass is 16.1. The van der Waals surface area contributed by atoms with Crippen molar-refractivity contribution >= 4 is 5.82 Å². The number of piperazine rings is 1. The van der Waals surface area contributed by atoms with Crippen molar-refractivity contribution in [3.63, 3.8) is 0 Å². The summed E-state index contributed by atoms with van der Waals surface area (Å²) in [6.45, 7) is 5.98. The van der Waals surface area contributed by atoms with Crippen LogP contribution in [0.3, 0.4) is 0 Å². The first-order valence-corrected chi connectivity index (χ1v) is 6.02. The Kier molecular flexibility index (Phi) is 3.75. The lowest BCUT2D eigenvalue weighted by atomic mass is 10.1. The lowest BCUT2D eigenvalue weighted by Gasteiger charge is -2.33. The average Bonchev–Trinajstić information content (AvgIpc) is 2.30. The lowest BCUT2D eigenvalue weighted by Crippen LogP contribution is -2.45.